The van der Waals surface area contributed by atoms with Crippen molar-refractivity contribution in [1.29, 1.82) is 0 Å². The summed E-state index contributed by atoms with van der Waals surface area (Å²) in [6.45, 7) is 2.09. The Morgan fingerprint density at radius 1 is 1.20 bits per heavy atom. The molecule has 0 aliphatic carbocycles. The Morgan fingerprint density at radius 2 is 2.08 bits per heavy atom. The minimum Gasteiger partial charge on any atom is -0.341 e. The van der Waals surface area contributed by atoms with Gasteiger partial charge < -0.3 is 14.8 Å². The first-order valence-electron chi connectivity index (χ1n) is 8.78. The number of H-pyrrole nitrogens is 2. The number of likely N-dealkylation sites (tertiary alicyclic amines) is 2. The van der Waals surface area contributed by atoms with Crippen molar-refractivity contribution in [1.82, 2.24) is 24.8 Å². The highest BCUT2D eigenvalue weighted by Gasteiger charge is 2.31. The fourth-order valence-electron chi connectivity index (χ4n) is 3.81. The van der Waals surface area contributed by atoms with Gasteiger partial charge in [-0.05, 0) is 31.7 Å². The van der Waals surface area contributed by atoms with Crippen molar-refractivity contribution in [2.24, 2.45) is 0 Å². The molecule has 2 aromatic heterocycles. The zero-order chi connectivity index (χ0) is 17.4. The third-order valence-corrected chi connectivity index (χ3v) is 5.11. The molecule has 0 spiro atoms. The molecular weight excluding hydrogens is 322 g/mol. The molecule has 1 unspecified atom stereocenters. The van der Waals surface area contributed by atoms with Gasteiger partial charge in [0.05, 0.1) is 11.1 Å². The summed E-state index contributed by atoms with van der Waals surface area (Å²) in [6, 6.07) is 1.71. The lowest BCUT2D eigenvalue weighted by Gasteiger charge is -2.37. The number of imidazole rings is 1. The number of hydrogen-bond acceptors (Lipinski definition) is 4. The molecule has 8 heteroatoms. The zero-order valence-electron chi connectivity index (χ0n) is 14.0. The van der Waals surface area contributed by atoms with Crippen molar-refractivity contribution >= 4 is 23.0 Å². The summed E-state index contributed by atoms with van der Waals surface area (Å²) in [5, 5.41) is 0. The van der Waals surface area contributed by atoms with Gasteiger partial charge >= 0.3 is 5.69 Å². The number of carbonyl (C=O) groups is 2. The number of pyridine rings is 1. The number of rotatable bonds is 3. The summed E-state index contributed by atoms with van der Waals surface area (Å²) < 4.78 is 0. The van der Waals surface area contributed by atoms with Crippen LogP contribution < -0.4 is 5.69 Å². The standard InChI is InChI=1S/C17H21N5O3/c23-14-5-3-6-21(14)10-12-4-1-2-7-22(12)16(24)11-8-13-15(18-9-11)20-17(25)19-13/h8-9,12H,1-7,10H2,(H2,18,19,20,25). The molecule has 0 bridgehead atoms. The van der Waals surface area contributed by atoms with Crippen molar-refractivity contribution in [3.63, 3.8) is 0 Å². The maximum absolute atomic E-state index is 13.0. The molecule has 0 saturated carbocycles. The monoisotopic (exact) mass is 343 g/mol. The highest BCUT2D eigenvalue weighted by molar-refractivity contribution is 5.96. The summed E-state index contributed by atoms with van der Waals surface area (Å²) in [5.41, 5.74) is 1.09. The Morgan fingerprint density at radius 3 is 2.88 bits per heavy atom. The number of carbonyl (C=O) groups excluding carboxylic acids is 2. The molecule has 4 rings (SSSR count). The second kappa shape index (κ2) is 6.34. The molecule has 0 radical (unpaired) electrons. The Balaban J connectivity index is 1.56. The minimum atomic E-state index is -0.338. The maximum atomic E-state index is 13.0. The Labute approximate surface area is 144 Å². The van der Waals surface area contributed by atoms with Crippen LogP contribution in [0.2, 0.25) is 0 Å². The van der Waals surface area contributed by atoms with Gasteiger partial charge in [-0.2, -0.15) is 0 Å². The van der Waals surface area contributed by atoms with E-state index in [-0.39, 0.29) is 23.5 Å². The van der Waals surface area contributed by atoms with Gasteiger partial charge in [0.2, 0.25) is 5.91 Å². The first-order valence-corrected chi connectivity index (χ1v) is 8.78. The van der Waals surface area contributed by atoms with Gasteiger partial charge in [-0.3, -0.25) is 14.6 Å². The Hall–Kier alpha value is -2.64. The van der Waals surface area contributed by atoms with Crippen molar-refractivity contribution in [3.05, 3.63) is 28.3 Å². The number of nitrogens with one attached hydrogen (secondary N) is 2. The lowest BCUT2D eigenvalue weighted by Crippen LogP contribution is -2.49. The summed E-state index contributed by atoms with van der Waals surface area (Å²) in [5.74, 6) is 0.0961. The molecule has 2 N–H and O–H groups in total. The van der Waals surface area contributed by atoms with Crippen molar-refractivity contribution in [2.75, 3.05) is 19.6 Å². The quantitative estimate of drug-likeness (QED) is 0.863. The van der Waals surface area contributed by atoms with Crippen LogP contribution >= 0.6 is 0 Å². The smallest absolute Gasteiger partial charge is 0.325 e. The van der Waals surface area contributed by atoms with Crippen molar-refractivity contribution < 1.29 is 9.59 Å². The number of hydrogen-bond donors (Lipinski definition) is 2. The number of aromatic nitrogens is 3. The molecule has 2 aliphatic heterocycles. The van der Waals surface area contributed by atoms with Crippen LogP contribution in [0, 0.1) is 0 Å². The van der Waals surface area contributed by atoms with Crippen LogP contribution in [0.15, 0.2) is 17.1 Å². The molecule has 25 heavy (non-hydrogen) atoms. The van der Waals surface area contributed by atoms with Gasteiger partial charge in [0.25, 0.3) is 5.91 Å². The van der Waals surface area contributed by atoms with E-state index in [1.54, 1.807) is 6.07 Å². The van der Waals surface area contributed by atoms with Crippen LogP contribution in [0.5, 0.6) is 0 Å². The molecule has 0 aromatic carbocycles. The van der Waals surface area contributed by atoms with Gasteiger partial charge in [0, 0.05) is 38.3 Å². The van der Waals surface area contributed by atoms with E-state index in [0.29, 0.717) is 36.2 Å². The topological polar surface area (TPSA) is 102 Å². The van der Waals surface area contributed by atoms with Crippen LogP contribution in [0.3, 0.4) is 0 Å². The summed E-state index contributed by atoms with van der Waals surface area (Å²) in [4.78, 5) is 49.4. The number of aromatic amines is 2. The van der Waals surface area contributed by atoms with Gasteiger partial charge in [-0.1, -0.05) is 0 Å². The number of amides is 2. The van der Waals surface area contributed by atoms with E-state index in [2.05, 4.69) is 15.0 Å². The van der Waals surface area contributed by atoms with E-state index in [1.807, 2.05) is 9.80 Å². The SMILES string of the molecule is O=C1CCCN1CC1CCCCN1C(=O)c1cnc2[nH]c(=O)[nH]c2c1. The molecule has 132 valence electrons. The third-order valence-electron chi connectivity index (χ3n) is 5.11. The van der Waals surface area contributed by atoms with Crippen molar-refractivity contribution in [2.45, 2.75) is 38.1 Å². The summed E-state index contributed by atoms with van der Waals surface area (Å²) >= 11 is 0. The predicted octanol–water partition coefficient (Wildman–Crippen LogP) is 0.868. The maximum Gasteiger partial charge on any atom is 0.325 e. The number of nitrogens with zero attached hydrogens (tertiary/aromatic N) is 3. The lowest BCUT2D eigenvalue weighted by atomic mass is 10.0. The van der Waals surface area contributed by atoms with Crippen LogP contribution in [-0.2, 0) is 4.79 Å². The van der Waals surface area contributed by atoms with E-state index in [1.165, 1.54) is 6.20 Å². The number of fused-ring (bicyclic) bond motifs is 1. The fraction of sp³-hybridized carbons (Fsp3) is 0.529. The summed E-state index contributed by atoms with van der Waals surface area (Å²) in [7, 11) is 0. The molecule has 8 nitrogen and oxygen atoms in total. The highest BCUT2D eigenvalue weighted by Crippen LogP contribution is 2.23. The molecule has 2 saturated heterocycles. The van der Waals surface area contributed by atoms with E-state index in [0.717, 1.165) is 32.2 Å². The predicted molar refractivity (Wildman–Crippen MR) is 91.2 cm³/mol. The van der Waals surface area contributed by atoms with Gasteiger partial charge in [0.1, 0.15) is 0 Å². The van der Waals surface area contributed by atoms with Gasteiger partial charge in [-0.25, -0.2) is 9.78 Å². The minimum absolute atomic E-state index is 0.0456. The second-order valence-corrected chi connectivity index (χ2v) is 6.79. The van der Waals surface area contributed by atoms with Crippen LogP contribution in [0.1, 0.15) is 42.5 Å². The van der Waals surface area contributed by atoms with E-state index in [9.17, 15) is 14.4 Å². The van der Waals surface area contributed by atoms with E-state index >= 15 is 0 Å². The van der Waals surface area contributed by atoms with Crippen LogP contribution in [-0.4, -0.2) is 62.2 Å². The lowest BCUT2D eigenvalue weighted by molar-refractivity contribution is -0.128. The largest absolute Gasteiger partial charge is 0.341 e. The average Bonchev–Trinajstić information content (AvgIpc) is 3.18. The summed E-state index contributed by atoms with van der Waals surface area (Å²) in [6.07, 6.45) is 5.96. The first-order chi connectivity index (χ1) is 12.1. The van der Waals surface area contributed by atoms with Crippen molar-refractivity contribution in [3.8, 4) is 0 Å². The molecule has 2 amide bonds. The van der Waals surface area contributed by atoms with E-state index in [4.69, 9.17) is 0 Å². The van der Waals surface area contributed by atoms with E-state index < -0.39 is 0 Å². The van der Waals surface area contributed by atoms with Gasteiger partial charge in [-0.15, -0.1) is 0 Å². The number of piperidine rings is 1. The molecule has 2 fully saturated rings. The normalized spacial score (nSPS) is 21.3. The molecule has 2 aromatic rings. The Bertz CT molecular complexity index is 871. The van der Waals surface area contributed by atoms with Crippen LogP contribution in [0.25, 0.3) is 11.2 Å². The average molecular weight is 343 g/mol. The zero-order valence-corrected chi connectivity index (χ0v) is 14.0. The van der Waals surface area contributed by atoms with Crippen LogP contribution in [0.4, 0.5) is 0 Å². The highest BCUT2D eigenvalue weighted by atomic mass is 16.2. The first kappa shape index (κ1) is 15.9. The molecule has 4 heterocycles. The Kier molecular flexibility index (Phi) is 4.03. The second-order valence-electron chi connectivity index (χ2n) is 6.79. The molecule has 2 aliphatic rings. The van der Waals surface area contributed by atoms with Gasteiger partial charge in [0.15, 0.2) is 5.65 Å². The third kappa shape index (κ3) is 3.04. The molecular formula is C17H21N5O3. The fourth-order valence-corrected chi connectivity index (χ4v) is 3.81. The molecule has 1 atom stereocenters.